The Hall–Kier alpha value is -1.51. The zero-order valence-corrected chi connectivity index (χ0v) is 7.04. The van der Waals surface area contributed by atoms with E-state index in [0.29, 0.717) is 11.5 Å². The lowest BCUT2D eigenvalue weighted by Crippen LogP contribution is -1.92. The summed E-state index contributed by atoms with van der Waals surface area (Å²) < 4.78 is 4.98. The van der Waals surface area contributed by atoms with E-state index in [2.05, 4.69) is 11.1 Å². The number of hydrogen-bond donors (Lipinski definition) is 1. The average Bonchev–Trinajstić information content (AvgIpc) is 2.87. The monoisotopic (exact) mass is 175 g/mol. The molecular formula is C10H9NO2. The van der Waals surface area contributed by atoms with E-state index >= 15 is 0 Å². The van der Waals surface area contributed by atoms with E-state index in [1.54, 1.807) is 0 Å². The Morgan fingerprint density at radius 3 is 3.00 bits per heavy atom. The lowest BCUT2D eigenvalue weighted by atomic mass is 10.1. The second kappa shape index (κ2) is 2.25. The SMILES string of the molecule is O=c1[nH]c2ccc(C3CC3)cc2o1. The first-order valence-corrected chi connectivity index (χ1v) is 4.46. The first-order valence-electron chi connectivity index (χ1n) is 4.46. The molecule has 1 heterocycles. The Bertz CT molecular complexity index is 505. The number of rotatable bonds is 1. The molecule has 0 atom stereocenters. The Balaban J connectivity index is 2.25. The molecule has 13 heavy (non-hydrogen) atoms. The Morgan fingerprint density at radius 1 is 1.38 bits per heavy atom. The third kappa shape index (κ3) is 1.08. The largest absolute Gasteiger partial charge is 0.417 e. The second-order valence-electron chi connectivity index (χ2n) is 3.54. The molecule has 0 saturated heterocycles. The van der Waals surface area contributed by atoms with Crippen LogP contribution in [0.2, 0.25) is 0 Å². The van der Waals surface area contributed by atoms with Crippen molar-refractivity contribution in [2.75, 3.05) is 0 Å². The fourth-order valence-electron chi connectivity index (χ4n) is 1.63. The van der Waals surface area contributed by atoms with Crippen molar-refractivity contribution < 1.29 is 4.42 Å². The van der Waals surface area contributed by atoms with Crippen molar-refractivity contribution in [3.8, 4) is 0 Å². The van der Waals surface area contributed by atoms with Crippen LogP contribution in [0.4, 0.5) is 0 Å². The lowest BCUT2D eigenvalue weighted by molar-refractivity contribution is 0.555. The Kier molecular flexibility index (Phi) is 1.20. The summed E-state index contributed by atoms with van der Waals surface area (Å²) in [5, 5.41) is 0. The standard InChI is InChI=1S/C10H9NO2/c12-10-11-8-4-3-7(6-1-2-6)5-9(8)13-10/h3-6H,1-2H2,(H,11,12). The number of benzene rings is 1. The van der Waals surface area contributed by atoms with E-state index < -0.39 is 0 Å². The third-order valence-electron chi connectivity index (χ3n) is 2.49. The molecule has 3 rings (SSSR count). The number of aromatic nitrogens is 1. The van der Waals surface area contributed by atoms with Gasteiger partial charge in [-0.05, 0) is 36.5 Å². The molecule has 1 aromatic carbocycles. The van der Waals surface area contributed by atoms with E-state index in [1.165, 1.54) is 18.4 Å². The quantitative estimate of drug-likeness (QED) is 0.720. The van der Waals surface area contributed by atoms with Crippen LogP contribution >= 0.6 is 0 Å². The van der Waals surface area contributed by atoms with Crippen LogP contribution in [0, 0.1) is 0 Å². The molecule has 1 aliphatic rings. The van der Waals surface area contributed by atoms with Gasteiger partial charge in [0.2, 0.25) is 0 Å². The molecule has 2 aromatic rings. The summed E-state index contributed by atoms with van der Waals surface area (Å²) >= 11 is 0. The topological polar surface area (TPSA) is 46.0 Å². The number of oxazole rings is 1. The Morgan fingerprint density at radius 2 is 2.23 bits per heavy atom. The normalized spacial score (nSPS) is 16.6. The maximum absolute atomic E-state index is 10.9. The third-order valence-corrected chi connectivity index (χ3v) is 2.49. The van der Waals surface area contributed by atoms with Crippen molar-refractivity contribution in [3.63, 3.8) is 0 Å². The minimum absolute atomic E-state index is 0.372. The molecule has 66 valence electrons. The van der Waals surface area contributed by atoms with Gasteiger partial charge in [-0.3, -0.25) is 4.98 Å². The van der Waals surface area contributed by atoms with Crippen LogP contribution in [-0.2, 0) is 0 Å². The maximum atomic E-state index is 10.9. The molecule has 1 N–H and O–H groups in total. The average molecular weight is 175 g/mol. The van der Waals surface area contributed by atoms with Crippen molar-refractivity contribution in [1.82, 2.24) is 4.98 Å². The van der Waals surface area contributed by atoms with Gasteiger partial charge in [-0.1, -0.05) is 6.07 Å². The molecular weight excluding hydrogens is 166 g/mol. The summed E-state index contributed by atoms with van der Waals surface area (Å²) in [6.45, 7) is 0. The van der Waals surface area contributed by atoms with Gasteiger partial charge in [0, 0.05) is 0 Å². The summed E-state index contributed by atoms with van der Waals surface area (Å²) in [5.41, 5.74) is 2.75. The van der Waals surface area contributed by atoms with Crippen molar-refractivity contribution in [3.05, 3.63) is 34.3 Å². The maximum Gasteiger partial charge on any atom is 0.417 e. The molecule has 0 bridgehead atoms. The summed E-state index contributed by atoms with van der Waals surface area (Å²) in [6, 6.07) is 5.93. The fraction of sp³-hybridized carbons (Fsp3) is 0.300. The summed E-state index contributed by atoms with van der Waals surface area (Å²) in [4.78, 5) is 13.5. The molecule has 0 radical (unpaired) electrons. The highest BCUT2D eigenvalue weighted by atomic mass is 16.4. The molecule has 1 aliphatic carbocycles. The zero-order chi connectivity index (χ0) is 8.84. The molecule has 3 nitrogen and oxygen atoms in total. The fourth-order valence-corrected chi connectivity index (χ4v) is 1.63. The molecule has 0 unspecified atom stereocenters. The minimum atomic E-state index is -0.372. The van der Waals surface area contributed by atoms with Crippen LogP contribution < -0.4 is 5.76 Å². The summed E-state index contributed by atoms with van der Waals surface area (Å²) in [6.07, 6.45) is 2.53. The summed E-state index contributed by atoms with van der Waals surface area (Å²) in [5.74, 6) is 0.326. The number of aromatic amines is 1. The van der Waals surface area contributed by atoms with Crippen molar-refractivity contribution >= 4 is 11.1 Å². The predicted molar refractivity (Wildman–Crippen MR) is 48.8 cm³/mol. The number of nitrogens with one attached hydrogen (secondary N) is 1. The molecule has 1 saturated carbocycles. The highest BCUT2D eigenvalue weighted by molar-refractivity contribution is 5.73. The molecule has 1 aromatic heterocycles. The molecule has 0 amide bonds. The van der Waals surface area contributed by atoms with Crippen molar-refractivity contribution in [1.29, 1.82) is 0 Å². The van der Waals surface area contributed by atoms with Crippen LogP contribution in [0.1, 0.15) is 24.3 Å². The van der Waals surface area contributed by atoms with E-state index in [0.717, 1.165) is 5.52 Å². The molecule has 0 spiro atoms. The van der Waals surface area contributed by atoms with E-state index in [4.69, 9.17) is 4.42 Å². The highest BCUT2D eigenvalue weighted by Crippen LogP contribution is 2.40. The highest BCUT2D eigenvalue weighted by Gasteiger charge is 2.23. The predicted octanol–water partition coefficient (Wildman–Crippen LogP) is 2.00. The molecule has 0 aliphatic heterocycles. The number of H-pyrrole nitrogens is 1. The van der Waals surface area contributed by atoms with Gasteiger partial charge in [-0.15, -0.1) is 0 Å². The van der Waals surface area contributed by atoms with Crippen molar-refractivity contribution in [2.45, 2.75) is 18.8 Å². The zero-order valence-electron chi connectivity index (χ0n) is 7.04. The van der Waals surface area contributed by atoms with Gasteiger partial charge >= 0.3 is 5.76 Å². The summed E-state index contributed by atoms with van der Waals surface area (Å²) in [7, 11) is 0. The number of fused-ring (bicyclic) bond motifs is 1. The van der Waals surface area contributed by atoms with Gasteiger partial charge in [0.05, 0.1) is 5.52 Å². The van der Waals surface area contributed by atoms with Gasteiger partial charge in [-0.25, -0.2) is 4.79 Å². The first kappa shape index (κ1) is 6.95. The van der Waals surface area contributed by atoms with Crippen LogP contribution in [-0.4, -0.2) is 4.98 Å². The van der Waals surface area contributed by atoms with Crippen LogP contribution in [0.15, 0.2) is 27.4 Å². The van der Waals surface area contributed by atoms with Crippen LogP contribution in [0.5, 0.6) is 0 Å². The first-order chi connectivity index (χ1) is 6.33. The van der Waals surface area contributed by atoms with Gasteiger partial charge < -0.3 is 4.42 Å². The smallest absolute Gasteiger partial charge is 0.408 e. The van der Waals surface area contributed by atoms with Crippen LogP contribution in [0.25, 0.3) is 11.1 Å². The van der Waals surface area contributed by atoms with E-state index in [-0.39, 0.29) is 5.76 Å². The molecule has 3 heteroatoms. The van der Waals surface area contributed by atoms with Gasteiger partial charge in [-0.2, -0.15) is 0 Å². The lowest BCUT2D eigenvalue weighted by Gasteiger charge is -1.94. The second-order valence-corrected chi connectivity index (χ2v) is 3.54. The number of hydrogen-bond acceptors (Lipinski definition) is 2. The van der Waals surface area contributed by atoms with E-state index in [9.17, 15) is 4.79 Å². The van der Waals surface area contributed by atoms with E-state index in [1.807, 2.05) is 12.1 Å². The van der Waals surface area contributed by atoms with Crippen LogP contribution in [0.3, 0.4) is 0 Å². The molecule has 1 fully saturated rings. The minimum Gasteiger partial charge on any atom is -0.408 e. The van der Waals surface area contributed by atoms with Gasteiger partial charge in [0.15, 0.2) is 5.58 Å². The van der Waals surface area contributed by atoms with Gasteiger partial charge in [0.1, 0.15) is 0 Å². The van der Waals surface area contributed by atoms with Gasteiger partial charge in [0.25, 0.3) is 0 Å². The van der Waals surface area contributed by atoms with Crippen molar-refractivity contribution in [2.24, 2.45) is 0 Å². The Labute approximate surface area is 74.4 Å².